The number of amides is 1. The third-order valence-electron chi connectivity index (χ3n) is 3.04. The number of benzene rings is 1. The number of ether oxygens (including phenoxy) is 2. The molecule has 0 saturated carbocycles. The lowest BCUT2D eigenvalue weighted by Crippen LogP contribution is -2.39. The van der Waals surface area contributed by atoms with Gasteiger partial charge in [0.2, 0.25) is 6.23 Å². The van der Waals surface area contributed by atoms with Crippen LogP contribution in [0.1, 0.15) is 11.5 Å². The zero-order valence-corrected chi connectivity index (χ0v) is 9.37. The summed E-state index contributed by atoms with van der Waals surface area (Å²) in [7, 11) is 0. The molecule has 90 valence electrons. The summed E-state index contributed by atoms with van der Waals surface area (Å²) >= 11 is 0. The third kappa shape index (κ3) is 1.68. The van der Waals surface area contributed by atoms with E-state index in [1.165, 1.54) is 0 Å². The second-order valence-electron chi connectivity index (χ2n) is 4.13. The second-order valence-corrected chi connectivity index (χ2v) is 4.13. The van der Waals surface area contributed by atoms with Crippen molar-refractivity contribution < 1.29 is 14.3 Å². The summed E-state index contributed by atoms with van der Waals surface area (Å²) in [6.07, 6.45) is 0.148. The average molecular weight is 242 g/mol. The Morgan fingerprint density at radius 3 is 2.72 bits per heavy atom. The molecule has 2 aliphatic heterocycles. The summed E-state index contributed by atoms with van der Waals surface area (Å²) in [4.78, 5) is 11.3. The monoisotopic (exact) mass is 242 g/mol. The quantitative estimate of drug-likeness (QED) is 0.812. The van der Waals surface area contributed by atoms with Gasteiger partial charge in [-0.1, -0.05) is 30.3 Å². The highest BCUT2D eigenvalue weighted by atomic mass is 16.6. The molecule has 5 nitrogen and oxygen atoms in total. The first kappa shape index (κ1) is 10.7. The number of fused-ring (bicyclic) bond motifs is 1. The summed E-state index contributed by atoms with van der Waals surface area (Å²) < 4.78 is 10.5. The predicted octanol–water partition coefficient (Wildman–Crippen LogP) is 1.64. The van der Waals surface area contributed by atoms with Crippen LogP contribution in [0.15, 0.2) is 42.2 Å². The molecule has 1 saturated heterocycles. The molecule has 1 N–H and O–H groups in total. The highest BCUT2D eigenvalue weighted by Crippen LogP contribution is 2.34. The number of hydrogen-bond acceptors (Lipinski definition) is 4. The van der Waals surface area contributed by atoms with Crippen molar-refractivity contribution in [3.05, 3.63) is 47.7 Å². The fourth-order valence-electron chi connectivity index (χ4n) is 2.23. The van der Waals surface area contributed by atoms with E-state index in [4.69, 9.17) is 14.7 Å². The SMILES string of the molecule is N#CC1=C[C@@H](c2ccccc2)[C@H]2OC(=O)N[C@@H]2O1. The highest BCUT2D eigenvalue weighted by Gasteiger charge is 2.44. The van der Waals surface area contributed by atoms with E-state index in [9.17, 15) is 4.79 Å². The molecule has 1 aromatic carbocycles. The number of nitrogens with one attached hydrogen (secondary N) is 1. The van der Waals surface area contributed by atoms with Gasteiger partial charge in [-0.25, -0.2) is 4.79 Å². The Morgan fingerprint density at radius 2 is 2.00 bits per heavy atom. The fourth-order valence-corrected chi connectivity index (χ4v) is 2.23. The van der Waals surface area contributed by atoms with Crippen molar-refractivity contribution in [3.8, 4) is 6.07 Å². The van der Waals surface area contributed by atoms with Crippen LogP contribution in [-0.2, 0) is 9.47 Å². The molecule has 0 bridgehead atoms. The zero-order chi connectivity index (χ0) is 12.5. The van der Waals surface area contributed by atoms with E-state index in [-0.39, 0.29) is 11.7 Å². The van der Waals surface area contributed by atoms with Gasteiger partial charge in [-0.2, -0.15) is 5.26 Å². The lowest BCUT2D eigenvalue weighted by atomic mass is 9.90. The molecule has 0 aliphatic carbocycles. The summed E-state index contributed by atoms with van der Waals surface area (Å²) in [6.45, 7) is 0. The minimum Gasteiger partial charge on any atom is -0.457 e. The molecule has 2 aliphatic rings. The molecule has 5 heteroatoms. The van der Waals surface area contributed by atoms with Crippen molar-refractivity contribution >= 4 is 6.09 Å². The molecule has 3 atom stereocenters. The van der Waals surface area contributed by atoms with E-state index < -0.39 is 18.4 Å². The van der Waals surface area contributed by atoms with Crippen LogP contribution in [0.2, 0.25) is 0 Å². The van der Waals surface area contributed by atoms with Gasteiger partial charge in [-0.05, 0) is 11.6 Å². The lowest BCUT2D eigenvalue weighted by molar-refractivity contribution is 0.0130. The first-order valence-corrected chi connectivity index (χ1v) is 5.58. The molecule has 0 unspecified atom stereocenters. The highest BCUT2D eigenvalue weighted by molar-refractivity contribution is 5.70. The van der Waals surface area contributed by atoms with Crippen LogP contribution >= 0.6 is 0 Å². The van der Waals surface area contributed by atoms with Gasteiger partial charge in [0.05, 0.1) is 0 Å². The minimum atomic E-state index is -0.595. The average Bonchev–Trinajstić information content (AvgIpc) is 2.78. The van der Waals surface area contributed by atoms with Crippen LogP contribution in [-0.4, -0.2) is 18.4 Å². The number of rotatable bonds is 1. The fraction of sp³-hybridized carbons (Fsp3) is 0.231. The minimum absolute atomic E-state index is 0.168. The van der Waals surface area contributed by atoms with Crippen molar-refractivity contribution in [2.75, 3.05) is 0 Å². The Balaban J connectivity index is 2.00. The molecule has 0 aromatic heterocycles. The van der Waals surface area contributed by atoms with E-state index in [2.05, 4.69) is 5.32 Å². The van der Waals surface area contributed by atoms with E-state index in [0.29, 0.717) is 0 Å². The Hall–Kier alpha value is -2.48. The maximum absolute atomic E-state index is 11.3. The molecule has 1 fully saturated rings. The normalized spacial score (nSPS) is 29.2. The van der Waals surface area contributed by atoms with Crippen molar-refractivity contribution in [1.82, 2.24) is 5.32 Å². The second kappa shape index (κ2) is 4.08. The van der Waals surface area contributed by atoms with Crippen molar-refractivity contribution in [2.45, 2.75) is 18.2 Å². The van der Waals surface area contributed by atoms with Crippen molar-refractivity contribution in [1.29, 1.82) is 5.26 Å². The van der Waals surface area contributed by atoms with E-state index in [1.54, 1.807) is 6.08 Å². The number of carbonyl (C=O) groups excluding carboxylic acids is 1. The van der Waals surface area contributed by atoms with Crippen LogP contribution in [0, 0.1) is 11.3 Å². The standard InChI is InChI=1S/C13H10N2O3/c14-7-9-6-10(8-4-2-1-3-5-8)11-12(17-9)15-13(16)18-11/h1-6,10-12H,(H,15,16)/t10-,11+,12+/m0/s1. The summed E-state index contributed by atoms with van der Waals surface area (Å²) in [5.74, 6) is 0.0365. The van der Waals surface area contributed by atoms with Gasteiger partial charge < -0.3 is 9.47 Å². The molecule has 1 amide bonds. The van der Waals surface area contributed by atoms with Gasteiger partial charge in [0.1, 0.15) is 6.07 Å². The largest absolute Gasteiger partial charge is 0.457 e. The molecule has 0 spiro atoms. The molecule has 2 heterocycles. The van der Waals surface area contributed by atoms with Crippen LogP contribution in [0.25, 0.3) is 0 Å². The molecule has 3 rings (SSSR count). The molecule has 1 aromatic rings. The number of carbonyl (C=O) groups is 1. The van der Waals surface area contributed by atoms with E-state index in [0.717, 1.165) is 5.56 Å². The van der Waals surface area contributed by atoms with Gasteiger partial charge in [-0.15, -0.1) is 0 Å². The number of alkyl carbamates (subject to hydrolysis) is 1. The first-order chi connectivity index (χ1) is 8.78. The van der Waals surface area contributed by atoms with E-state index in [1.807, 2.05) is 36.4 Å². The molecular weight excluding hydrogens is 232 g/mol. The number of nitrogens with zero attached hydrogens (tertiary/aromatic N) is 1. The predicted molar refractivity (Wildman–Crippen MR) is 61.2 cm³/mol. The Bertz CT molecular complexity index is 547. The molecule has 18 heavy (non-hydrogen) atoms. The van der Waals surface area contributed by atoms with Gasteiger partial charge in [0.25, 0.3) is 0 Å². The molecular formula is C13H10N2O3. The van der Waals surface area contributed by atoms with Gasteiger partial charge >= 0.3 is 6.09 Å². The maximum Gasteiger partial charge on any atom is 0.410 e. The van der Waals surface area contributed by atoms with Gasteiger partial charge in [0, 0.05) is 5.92 Å². The van der Waals surface area contributed by atoms with Crippen molar-refractivity contribution in [2.24, 2.45) is 0 Å². The Labute approximate surface area is 104 Å². The lowest BCUT2D eigenvalue weighted by Gasteiger charge is -2.28. The summed E-state index contributed by atoms with van der Waals surface area (Å²) in [5.41, 5.74) is 0.986. The number of allylic oxidation sites excluding steroid dienone is 1. The Morgan fingerprint density at radius 1 is 1.22 bits per heavy atom. The topological polar surface area (TPSA) is 71.3 Å². The van der Waals surface area contributed by atoms with Crippen LogP contribution < -0.4 is 5.32 Å². The third-order valence-corrected chi connectivity index (χ3v) is 3.04. The first-order valence-electron chi connectivity index (χ1n) is 5.58. The van der Waals surface area contributed by atoms with Crippen LogP contribution in [0.4, 0.5) is 4.79 Å². The smallest absolute Gasteiger partial charge is 0.410 e. The summed E-state index contributed by atoms with van der Waals surface area (Å²) in [5, 5.41) is 11.5. The van der Waals surface area contributed by atoms with E-state index >= 15 is 0 Å². The van der Waals surface area contributed by atoms with Crippen LogP contribution in [0.3, 0.4) is 0 Å². The van der Waals surface area contributed by atoms with Crippen LogP contribution in [0.5, 0.6) is 0 Å². The van der Waals surface area contributed by atoms with Crippen molar-refractivity contribution in [3.63, 3.8) is 0 Å². The van der Waals surface area contributed by atoms with Gasteiger partial charge in [-0.3, -0.25) is 5.32 Å². The number of nitriles is 1. The maximum atomic E-state index is 11.3. The zero-order valence-electron chi connectivity index (χ0n) is 9.37. The Kier molecular flexibility index (Phi) is 2.41. The molecule has 0 radical (unpaired) electrons. The summed E-state index contributed by atoms with van der Waals surface area (Å²) in [6, 6.07) is 11.6. The van der Waals surface area contributed by atoms with Gasteiger partial charge in [0.15, 0.2) is 11.9 Å². The number of hydrogen-bond donors (Lipinski definition) is 1.